The molecule has 2 aliphatic rings. The summed E-state index contributed by atoms with van der Waals surface area (Å²) in [5.74, 6) is 0.453. The first-order valence-corrected chi connectivity index (χ1v) is 16.3. The molecule has 11 nitrogen and oxygen atoms in total. The van der Waals surface area contributed by atoms with Gasteiger partial charge in [0, 0.05) is 41.1 Å². The van der Waals surface area contributed by atoms with E-state index < -0.39 is 15.9 Å². The fraction of sp³-hybridized carbons (Fsp3) is 0.406. The Labute approximate surface area is 258 Å². The van der Waals surface area contributed by atoms with E-state index in [2.05, 4.69) is 64.7 Å². The summed E-state index contributed by atoms with van der Waals surface area (Å²) in [6.07, 6.45) is 6.01. The van der Waals surface area contributed by atoms with Gasteiger partial charge in [-0.3, -0.25) is 14.9 Å². The molecule has 0 spiro atoms. The van der Waals surface area contributed by atoms with Crippen molar-refractivity contribution in [2.24, 2.45) is 5.92 Å². The van der Waals surface area contributed by atoms with Crippen LogP contribution in [0.5, 0.6) is 0 Å². The van der Waals surface area contributed by atoms with Gasteiger partial charge in [0.2, 0.25) is 0 Å². The van der Waals surface area contributed by atoms with Gasteiger partial charge in [-0.2, -0.15) is 13.5 Å². The SMILES string of the molecule is CC(C)(C)c1ccc2c(n1)N1C[C@@H](CCC(c3ccc(-c4ccn[nH]4)cn3)Nc3cccc(n3)S(=O)(=O)NC2=O)CC1(C)C. The van der Waals surface area contributed by atoms with E-state index in [1.54, 1.807) is 36.7 Å². The van der Waals surface area contributed by atoms with E-state index in [9.17, 15) is 13.2 Å². The molecule has 1 saturated heterocycles. The minimum atomic E-state index is -4.29. The summed E-state index contributed by atoms with van der Waals surface area (Å²) in [6.45, 7) is 11.2. The van der Waals surface area contributed by atoms with E-state index in [0.717, 1.165) is 41.9 Å². The fourth-order valence-electron chi connectivity index (χ4n) is 6.14. The van der Waals surface area contributed by atoms with E-state index >= 15 is 0 Å². The predicted molar refractivity (Wildman–Crippen MR) is 169 cm³/mol. The topological polar surface area (TPSA) is 146 Å². The Morgan fingerprint density at radius 3 is 2.52 bits per heavy atom. The zero-order chi connectivity index (χ0) is 31.3. The number of carbonyl (C=O) groups excluding carboxylic acids is 1. The van der Waals surface area contributed by atoms with Gasteiger partial charge in [-0.15, -0.1) is 0 Å². The molecule has 1 amide bonds. The van der Waals surface area contributed by atoms with Gasteiger partial charge in [0.15, 0.2) is 5.03 Å². The van der Waals surface area contributed by atoms with Crippen molar-refractivity contribution >= 4 is 27.6 Å². The number of sulfonamides is 1. The molecule has 12 heteroatoms. The van der Waals surface area contributed by atoms with Crippen molar-refractivity contribution in [3.8, 4) is 11.3 Å². The molecule has 4 bridgehead atoms. The minimum Gasteiger partial charge on any atom is -0.362 e. The number of H-pyrrole nitrogens is 1. The van der Waals surface area contributed by atoms with E-state index in [4.69, 9.17) is 9.97 Å². The normalized spacial score (nSPS) is 21.4. The number of hydrogen-bond donors (Lipinski definition) is 3. The van der Waals surface area contributed by atoms with Gasteiger partial charge in [0.05, 0.1) is 23.0 Å². The van der Waals surface area contributed by atoms with Crippen molar-refractivity contribution in [2.45, 2.75) is 75.9 Å². The molecule has 1 fully saturated rings. The number of rotatable bonds is 2. The first kappa shape index (κ1) is 29.7. The van der Waals surface area contributed by atoms with Crippen molar-refractivity contribution in [1.82, 2.24) is 29.9 Å². The number of carbonyl (C=O) groups is 1. The van der Waals surface area contributed by atoms with Crippen LogP contribution in [0.3, 0.4) is 0 Å². The van der Waals surface area contributed by atoms with E-state index in [1.165, 1.54) is 6.07 Å². The van der Waals surface area contributed by atoms with Crippen LogP contribution in [0.15, 0.2) is 66.0 Å². The predicted octanol–water partition coefficient (Wildman–Crippen LogP) is 5.23. The van der Waals surface area contributed by atoms with Crippen LogP contribution in [0.1, 0.15) is 81.7 Å². The molecule has 0 radical (unpaired) electrons. The van der Waals surface area contributed by atoms with Crippen LogP contribution in [0.4, 0.5) is 11.6 Å². The summed E-state index contributed by atoms with van der Waals surface area (Å²) >= 11 is 0. The smallest absolute Gasteiger partial charge is 0.281 e. The zero-order valence-electron chi connectivity index (χ0n) is 25.6. The number of nitrogens with one attached hydrogen (secondary N) is 3. The summed E-state index contributed by atoms with van der Waals surface area (Å²) in [5, 5.41) is 10.2. The Morgan fingerprint density at radius 1 is 1.00 bits per heavy atom. The molecular weight excluding hydrogens is 576 g/mol. The first-order chi connectivity index (χ1) is 20.8. The lowest BCUT2D eigenvalue weighted by atomic mass is 9.90. The highest BCUT2D eigenvalue weighted by molar-refractivity contribution is 7.90. The summed E-state index contributed by atoms with van der Waals surface area (Å²) in [4.78, 5) is 30.0. The van der Waals surface area contributed by atoms with Gasteiger partial charge in [0.25, 0.3) is 15.9 Å². The molecular formula is C32H38N8O3S. The number of fused-ring (bicyclic) bond motifs is 6. The molecule has 4 aromatic heterocycles. The molecule has 0 aliphatic carbocycles. The maximum atomic E-state index is 13.6. The maximum Gasteiger partial charge on any atom is 0.281 e. The summed E-state index contributed by atoms with van der Waals surface area (Å²) in [7, 11) is -4.29. The van der Waals surface area contributed by atoms with E-state index in [1.807, 2.05) is 18.2 Å². The lowest BCUT2D eigenvalue weighted by Gasteiger charge is -2.34. The quantitative estimate of drug-likeness (QED) is 0.276. The number of pyridine rings is 3. The van der Waals surface area contributed by atoms with Gasteiger partial charge in [-0.05, 0) is 81.5 Å². The largest absolute Gasteiger partial charge is 0.362 e. The van der Waals surface area contributed by atoms with Crippen molar-refractivity contribution in [3.05, 3.63) is 77.9 Å². The Kier molecular flexibility index (Phi) is 7.43. The van der Waals surface area contributed by atoms with Gasteiger partial charge in [-0.25, -0.2) is 14.7 Å². The van der Waals surface area contributed by atoms with Gasteiger partial charge < -0.3 is 10.2 Å². The third-order valence-electron chi connectivity index (χ3n) is 8.47. The molecule has 1 unspecified atom stereocenters. The second-order valence-corrected chi connectivity index (χ2v) is 15.0. The molecule has 4 aromatic rings. The van der Waals surface area contributed by atoms with Gasteiger partial charge in [-0.1, -0.05) is 26.8 Å². The highest BCUT2D eigenvalue weighted by atomic mass is 32.2. The van der Waals surface area contributed by atoms with Crippen molar-refractivity contribution in [1.29, 1.82) is 0 Å². The third kappa shape index (κ3) is 5.90. The number of nitrogens with zero attached hydrogens (tertiary/aromatic N) is 5. The van der Waals surface area contributed by atoms with Crippen molar-refractivity contribution in [2.75, 3.05) is 16.8 Å². The highest BCUT2D eigenvalue weighted by Gasteiger charge is 2.41. The maximum absolute atomic E-state index is 13.6. The lowest BCUT2D eigenvalue weighted by Crippen LogP contribution is -2.41. The molecule has 3 N–H and O–H groups in total. The highest BCUT2D eigenvalue weighted by Crippen LogP contribution is 2.41. The molecule has 6 rings (SSSR count). The average Bonchev–Trinajstić information content (AvgIpc) is 3.62. The fourth-order valence-corrected chi connectivity index (χ4v) is 7.07. The van der Waals surface area contributed by atoms with E-state index in [0.29, 0.717) is 24.1 Å². The third-order valence-corrected chi connectivity index (χ3v) is 9.70. The van der Waals surface area contributed by atoms with Crippen LogP contribution in [0.25, 0.3) is 11.3 Å². The summed E-state index contributed by atoms with van der Waals surface area (Å²) < 4.78 is 29.2. The second kappa shape index (κ2) is 11.0. The number of aromatic amines is 1. The average molecular weight is 615 g/mol. The molecule has 2 atom stereocenters. The Hall–Kier alpha value is -4.32. The molecule has 44 heavy (non-hydrogen) atoms. The Bertz CT molecular complexity index is 1780. The van der Waals surface area contributed by atoms with Crippen LogP contribution < -0.4 is 14.9 Å². The summed E-state index contributed by atoms with van der Waals surface area (Å²) in [6, 6.07) is 13.8. The van der Waals surface area contributed by atoms with Crippen LogP contribution >= 0.6 is 0 Å². The Morgan fingerprint density at radius 2 is 1.82 bits per heavy atom. The standard InChI is InChI=1S/C32H38N8O3S/c1-31(2,3)26-14-11-22-29(36-26)40-19-20(17-32(40,4)5)9-12-25(24-13-10-21(18-33-24)23-15-16-34-38-23)35-27-7-6-8-28(37-27)44(42,43)39-30(22)41/h6-8,10-11,13-16,18,20,25H,9,12,17,19H2,1-5H3,(H,34,38)(H,35,37)(H,39,41)/t20-,25?/m0/s1. The lowest BCUT2D eigenvalue weighted by molar-refractivity contribution is 0.0981. The summed E-state index contributed by atoms with van der Waals surface area (Å²) in [5.41, 5.74) is 3.08. The molecule has 6 heterocycles. The minimum absolute atomic E-state index is 0.221. The molecule has 2 aliphatic heterocycles. The monoisotopic (exact) mass is 614 g/mol. The second-order valence-electron chi connectivity index (χ2n) is 13.3. The van der Waals surface area contributed by atoms with Crippen molar-refractivity contribution < 1.29 is 13.2 Å². The van der Waals surface area contributed by atoms with E-state index in [-0.39, 0.29) is 27.6 Å². The van der Waals surface area contributed by atoms with Crippen LogP contribution in [0.2, 0.25) is 0 Å². The number of amides is 1. The molecule has 0 aromatic carbocycles. The molecule has 230 valence electrons. The number of anilines is 2. The number of hydrogen-bond acceptors (Lipinski definition) is 9. The van der Waals surface area contributed by atoms with Gasteiger partial charge >= 0.3 is 0 Å². The van der Waals surface area contributed by atoms with Gasteiger partial charge in [0.1, 0.15) is 11.6 Å². The zero-order valence-corrected chi connectivity index (χ0v) is 26.4. The van der Waals surface area contributed by atoms with Crippen LogP contribution in [-0.2, 0) is 15.4 Å². The van der Waals surface area contributed by atoms with Crippen LogP contribution in [-0.4, -0.2) is 51.6 Å². The van der Waals surface area contributed by atoms with Crippen molar-refractivity contribution in [3.63, 3.8) is 0 Å². The van der Waals surface area contributed by atoms with Crippen LogP contribution in [0, 0.1) is 5.92 Å². The molecule has 0 saturated carbocycles. The number of aromatic nitrogens is 5. The Balaban J connectivity index is 1.42. The first-order valence-electron chi connectivity index (χ1n) is 14.9.